The van der Waals surface area contributed by atoms with E-state index in [0.29, 0.717) is 0 Å². The molecule has 0 unspecified atom stereocenters. The highest BCUT2D eigenvalue weighted by atomic mass is 13.4. The van der Waals surface area contributed by atoms with E-state index in [1.54, 1.807) is 12.2 Å². The molecule has 0 saturated carbocycles. The van der Waals surface area contributed by atoms with Crippen LogP contribution in [0, 0.1) is 12.8 Å². The van der Waals surface area contributed by atoms with E-state index in [1.807, 2.05) is 0 Å². The summed E-state index contributed by atoms with van der Waals surface area (Å²) in [5.74, 6) is 0. The molecule has 0 amide bonds. The molecule has 0 aromatic heterocycles. The van der Waals surface area contributed by atoms with Crippen LogP contribution in [-0.4, -0.2) is 0 Å². The molecule has 0 N–H and O–H groups in total. The average molecular weight is 112 g/mol. The summed E-state index contributed by atoms with van der Waals surface area (Å²) in [5, 5.41) is 0. The molecule has 0 spiro atoms. The fraction of sp³-hybridized carbons (Fsp3) is 0. The van der Waals surface area contributed by atoms with Crippen molar-refractivity contribution in [3.05, 3.63) is 38.5 Å². The van der Waals surface area contributed by atoms with E-state index in [9.17, 15) is 0 Å². The van der Waals surface area contributed by atoms with Crippen LogP contribution in [0.25, 0.3) is 0 Å². The van der Waals surface area contributed by atoms with Crippen molar-refractivity contribution in [2.24, 2.45) is 0 Å². The summed E-state index contributed by atoms with van der Waals surface area (Å²) in [5.41, 5.74) is 0. The standard InChI is InChI=1S/C4H6.C2H4.C2H2.2H2/c1-3-4-2;2*1-2;;/h3-4H,1-2H2;1-2H2;1-2H;2*1H. The maximum atomic E-state index is 4.00. The van der Waals surface area contributed by atoms with Gasteiger partial charge in [0.15, 0.2) is 0 Å². The molecule has 0 aromatic rings. The molecule has 0 aliphatic rings. The second kappa shape index (κ2) is 217. The van der Waals surface area contributed by atoms with Crippen LogP contribution in [0.1, 0.15) is 2.85 Å². The Hall–Kier alpha value is -1.22. The van der Waals surface area contributed by atoms with Gasteiger partial charge in [-0.3, -0.25) is 0 Å². The number of rotatable bonds is 1. The molecule has 0 heterocycles. The molecule has 0 rings (SSSR count). The fourth-order valence-electron chi connectivity index (χ4n) is 0. The third kappa shape index (κ3) is 1410. The maximum Gasteiger partial charge on any atom is 0 e. The van der Waals surface area contributed by atoms with Gasteiger partial charge in [0.05, 0.1) is 0 Å². The van der Waals surface area contributed by atoms with E-state index in [2.05, 4.69) is 39.2 Å². The fourth-order valence-corrected chi connectivity index (χ4v) is 0. The first-order valence-corrected chi connectivity index (χ1v) is 1.98. The Labute approximate surface area is 55.2 Å². The molecule has 0 saturated heterocycles. The van der Waals surface area contributed by atoms with Crippen LogP contribution >= 0.6 is 0 Å². The Morgan fingerprint density at radius 1 is 1.00 bits per heavy atom. The predicted molar refractivity (Wildman–Crippen MR) is 45.8 cm³/mol. The van der Waals surface area contributed by atoms with Gasteiger partial charge in [0.2, 0.25) is 0 Å². The highest BCUT2D eigenvalue weighted by molar-refractivity contribution is 4.88. The molecule has 0 heteroatoms. The summed E-state index contributed by atoms with van der Waals surface area (Å²) in [6.07, 6.45) is 11.3. The summed E-state index contributed by atoms with van der Waals surface area (Å²) in [6.45, 7) is 12.7. The average Bonchev–Trinajstić information content (AvgIpc) is 1.96. The first-order valence-electron chi connectivity index (χ1n) is 1.98. The third-order valence-corrected chi connectivity index (χ3v) is 0.167. The lowest BCUT2D eigenvalue weighted by Crippen LogP contribution is -1.21. The highest BCUT2D eigenvalue weighted by Crippen LogP contribution is 1.52. The monoisotopic (exact) mass is 112 g/mol. The van der Waals surface area contributed by atoms with Gasteiger partial charge in [-0.15, -0.1) is 26.0 Å². The molecule has 0 nitrogen and oxygen atoms in total. The normalized spacial score (nSPS) is 3.25. The van der Waals surface area contributed by atoms with E-state index in [0.717, 1.165) is 0 Å². The van der Waals surface area contributed by atoms with Gasteiger partial charge in [-0.25, -0.2) is 0 Å². The van der Waals surface area contributed by atoms with Crippen molar-refractivity contribution in [1.82, 2.24) is 0 Å². The smallest absolute Gasteiger partial charge is 0 e. The minimum absolute atomic E-state index is 0. The largest absolute Gasteiger partial charge is 0.124 e. The van der Waals surface area contributed by atoms with Crippen molar-refractivity contribution in [2.75, 3.05) is 0 Å². The van der Waals surface area contributed by atoms with Crippen LogP contribution in [-0.2, 0) is 0 Å². The predicted octanol–water partition coefficient (Wildman–Crippen LogP) is 2.90. The van der Waals surface area contributed by atoms with E-state index in [-0.39, 0.29) is 2.85 Å². The number of hydrogen-bond donors (Lipinski definition) is 0. The van der Waals surface area contributed by atoms with E-state index >= 15 is 0 Å². The van der Waals surface area contributed by atoms with Crippen LogP contribution in [0.4, 0.5) is 0 Å². The molecule has 48 valence electrons. The van der Waals surface area contributed by atoms with Crippen LogP contribution < -0.4 is 0 Å². The molecule has 0 fully saturated rings. The highest BCUT2D eigenvalue weighted by Gasteiger charge is 1.29. The summed E-state index contributed by atoms with van der Waals surface area (Å²) in [6, 6.07) is 0. The molecule has 0 aliphatic carbocycles. The van der Waals surface area contributed by atoms with E-state index in [4.69, 9.17) is 0 Å². The Bertz CT molecular complexity index is 58.9. The molecule has 0 atom stereocenters. The van der Waals surface area contributed by atoms with Crippen molar-refractivity contribution in [3.63, 3.8) is 0 Å². The first kappa shape index (κ1) is 15.9. The van der Waals surface area contributed by atoms with E-state index in [1.165, 1.54) is 0 Å². The summed E-state index contributed by atoms with van der Waals surface area (Å²) >= 11 is 0. The molecule has 0 bridgehead atoms. The van der Waals surface area contributed by atoms with Crippen molar-refractivity contribution >= 4 is 0 Å². The zero-order valence-corrected chi connectivity index (χ0v) is 5.14. The summed E-state index contributed by atoms with van der Waals surface area (Å²) in [7, 11) is 0. The quantitative estimate of drug-likeness (QED) is 0.278. The second-order valence-corrected chi connectivity index (χ2v) is 0.471. The number of hydrogen-bond acceptors (Lipinski definition) is 0. The minimum Gasteiger partial charge on any atom is -0.124 e. The lowest BCUT2D eigenvalue weighted by Gasteiger charge is -1.44. The van der Waals surface area contributed by atoms with Gasteiger partial charge in [-0.1, -0.05) is 25.3 Å². The SMILES string of the molecule is C#C.C=C.C=CC=C.[HH].[HH]. The Kier molecular flexibility index (Phi) is 430. The zero-order valence-electron chi connectivity index (χ0n) is 5.14. The van der Waals surface area contributed by atoms with Gasteiger partial charge in [0.1, 0.15) is 0 Å². The molecule has 8 heavy (non-hydrogen) atoms. The van der Waals surface area contributed by atoms with Crippen LogP contribution in [0.15, 0.2) is 38.5 Å². The van der Waals surface area contributed by atoms with Gasteiger partial charge in [0.25, 0.3) is 0 Å². The number of terminal acetylenes is 1. The summed E-state index contributed by atoms with van der Waals surface area (Å²) in [4.78, 5) is 0. The van der Waals surface area contributed by atoms with Crippen molar-refractivity contribution < 1.29 is 2.85 Å². The molecule has 0 aromatic carbocycles. The molecule has 0 radical (unpaired) electrons. The molecule has 0 aliphatic heterocycles. The topological polar surface area (TPSA) is 0 Å². The zero-order chi connectivity index (χ0) is 7.41. The van der Waals surface area contributed by atoms with Crippen molar-refractivity contribution in [2.45, 2.75) is 0 Å². The van der Waals surface area contributed by atoms with Gasteiger partial charge in [0, 0.05) is 2.85 Å². The van der Waals surface area contributed by atoms with Crippen molar-refractivity contribution in [1.29, 1.82) is 0 Å². The van der Waals surface area contributed by atoms with Crippen LogP contribution in [0.5, 0.6) is 0 Å². The lowest BCUT2D eigenvalue weighted by molar-refractivity contribution is 2.15. The second-order valence-electron chi connectivity index (χ2n) is 0.471. The van der Waals surface area contributed by atoms with E-state index < -0.39 is 0 Å². The van der Waals surface area contributed by atoms with Crippen LogP contribution in [0.2, 0.25) is 0 Å². The van der Waals surface area contributed by atoms with Gasteiger partial charge >= 0.3 is 0 Å². The van der Waals surface area contributed by atoms with Gasteiger partial charge in [-0.05, 0) is 0 Å². The van der Waals surface area contributed by atoms with Gasteiger partial charge in [-0.2, -0.15) is 0 Å². The summed E-state index contributed by atoms with van der Waals surface area (Å²) < 4.78 is 0. The maximum absolute atomic E-state index is 4.00. The van der Waals surface area contributed by atoms with Gasteiger partial charge < -0.3 is 0 Å². The Balaban J connectivity index is -0.0000000125. The molecular weight excluding hydrogens is 96.1 g/mol. The Morgan fingerprint density at radius 3 is 1.12 bits per heavy atom. The lowest BCUT2D eigenvalue weighted by atomic mass is 10.6. The van der Waals surface area contributed by atoms with Crippen LogP contribution in [0.3, 0.4) is 0 Å². The minimum atomic E-state index is 0. The third-order valence-electron chi connectivity index (χ3n) is 0.167. The Morgan fingerprint density at radius 2 is 1.12 bits per heavy atom. The first-order chi connectivity index (χ1) is 3.91. The number of allylic oxidation sites excluding steroid dienone is 2. The van der Waals surface area contributed by atoms with Crippen molar-refractivity contribution in [3.8, 4) is 12.8 Å². The molecular formula is C8H16.